The van der Waals surface area contributed by atoms with Crippen molar-refractivity contribution in [2.75, 3.05) is 39.8 Å². The summed E-state index contributed by atoms with van der Waals surface area (Å²) in [5, 5.41) is 6.80. The van der Waals surface area contributed by atoms with Gasteiger partial charge in [-0.1, -0.05) is 30.3 Å². The molecular weight excluding hydrogens is 489 g/mol. The molecule has 2 unspecified atom stereocenters. The summed E-state index contributed by atoms with van der Waals surface area (Å²) in [6.45, 7) is 6.78. The van der Waals surface area contributed by atoms with Crippen molar-refractivity contribution in [1.29, 1.82) is 0 Å². The summed E-state index contributed by atoms with van der Waals surface area (Å²) >= 11 is 0. The van der Waals surface area contributed by atoms with Crippen molar-refractivity contribution in [2.45, 2.75) is 57.5 Å². The second-order valence-electron chi connectivity index (χ2n) is 8.23. The molecule has 1 amide bonds. The molecule has 2 fully saturated rings. The Morgan fingerprint density at radius 1 is 1.10 bits per heavy atom. The molecule has 30 heavy (non-hydrogen) atoms. The Hall–Kier alpha value is -1.35. The molecule has 0 saturated carbocycles. The number of benzene rings is 1. The average Bonchev–Trinajstić information content (AvgIpc) is 3.28. The minimum absolute atomic E-state index is 0. The van der Waals surface area contributed by atoms with E-state index in [9.17, 15) is 4.79 Å². The molecule has 1 aromatic rings. The molecule has 2 aliphatic rings. The van der Waals surface area contributed by atoms with Crippen molar-refractivity contribution >= 4 is 35.8 Å². The van der Waals surface area contributed by atoms with Crippen LogP contribution in [0.1, 0.15) is 57.1 Å². The summed E-state index contributed by atoms with van der Waals surface area (Å²) in [4.78, 5) is 21.5. The lowest BCUT2D eigenvalue weighted by Gasteiger charge is -2.33. The SMILES string of the molecule is CN=C(NCCC(=O)N1CCCCC1C)NCC(c1ccccc1)N1CCCC1.I. The van der Waals surface area contributed by atoms with Gasteiger partial charge in [0.15, 0.2) is 5.96 Å². The van der Waals surface area contributed by atoms with E-state index in [1.807, 2.05) is 4.90 Å². The molecule has 6 nitrogen and oxygen atoms in total. The maximum atomic E-state index is 12.5. The van der Waals surface area contributed by atoms with Gasteiger partial charge in [0.05, 0.1) is 6.04 Å². The number of nitrogens with zero attached hydrogens (tertiary/aromatic N) is 3. The molecule has 2 atom stereocenters. The molecule has 0 spiro atoms. The van der Waals surface area contributed by atoms with Crippen molar-refractivity contribution in [2.24, 2.45) is 4.99 Å². The predicted octanol–water partition coefficient (Wildman–Crippen LogP) is 3.40. The van der Waals surface area contributed by atoms with E-state index >= 15 is 0 Å². The number of rotatable bonds is 7. The standard InChI is InChI=1S/C23H37N5O.HI/c1-19-10-6-7-17-28(19)22(29)13-14-25-23(24-2)26-18-21(27-15-8-9-16-27)20-11-4-3-5-12-20;/h3-5,11-12,19,21H,6-10,13-18H2,1-2H3,(H2,24,25,26);1H. The van der Waals surface area contributed by atoms with Crippen LogP contribution < -0.4 is 10.6 Å². The zero-order chi connectivity index (χ0) is 20.5. The minimum Gasteiger partial charge on any atom is -0.356 e. The summed E-state index contributed by atoms with van der Waals surface area (Å²) < 4.78 is 0. The van der Waals surface area contributed by atoms with Crippen molar-refractivity contribution < 1.29 is 4.79 Å². The van der Waals surface area contributed by atoms with Gasteiger partial charge in [-0.15, -0.1) is 24.0 Å². The molecular formula is C23H38IN5O. The predicted molar refractivity (Wildman–Crippen MR) is 134 cm³/mol. The second-order valence-corrected chi connectivity index (χ2v) is 8.23. The zero-order valence-corrected chi connectivity index (χ0v) is 20.8. The van der Waals surface area contributed by atoms with Crippen LogP contribution in [0.5, 0.6) is 0 Å². The molecule has 1 aromatic carbocycles. The van der Waals surface area contributed by atoms with Gasteiger partial charge >= 0.3 is 0 Å². The van der Waals surface area contributed by atoms with Crippen molar-refractivity contribution in [3.63, 3.8) is 0 Å². The third-order valence-electron chi connectivity index (χ3n) is 6.21. The molecule has 0 bridgehead atoms. The van der Waals surface area contributed by atoms with Crippen LogP contribution in [-0.4, -0.2) is 67.5 Å². The summed E-state index contributed by atoms with van der Waals surface area (Å²) in [5.41, 5.74) is 1.34. The summed E-state index contributed by atoms with van der Waals surface area (Å²) in [7, 11) is 1.79. The number of likely N-dealkylation sites (tertiary alicyclic amines) is 2. The lowest BCUT2D eigenvalue weighted by Crippen LogP contribution is -2.45. The van der Waals surface area contributed by atoms with Crippen LogP contribution in [0.3, 0.4) is 0 Å². The highest BCUT2D eigenvalue weighted by Gasteiger charge is 2.24. The van der Waals surface area contributed by atoms with Gasteiger partial charge in [-0.2, -0.15) is 0 Å². The number of carbonyl (C=O) groups is 1. The number of hydrogen-bond donors (Lipinski definition) is 2. The van der Waals surface area contributed by atoms with E-state index < -0.39 is 0 Å². The quantitative estimate of drug-likeness (QED) is 0.324. The van der Waals surface area contributed by atoms with Gasteiger partial charge in [0.1, 0.15) is 0 Å². The fourth-order valence-electron chi connectivity index (χ4n) is 4.50. The van der Waals surface area contributed by atoms with Gasteiger partial charge in [-0.3, -0.25) is 14.7 Å². The topological polar surface area (TPSA) is 60.0 Å². The van der Waals surface area contributed by atoms with Crippen LogP contribution in [0.2, 0.25) is 0 Å². The number of carbonyl (C=O) groups excluding carboxylic acids is 1. The van der Waals surface area contributed by atoms with Gasteiger partial charge in [0.25, 0.3) is 0 Å². The maximum Gasteiger partial charge on any atom is 0.224 e. The lowest BCUT2D eigenvalue weighted by molar-refractivity contribution is -0.134. The molecule has 0 aromatic heterocycles. The highest BCUT2D eigenvalue weighted by Crippen LogP contribution is 2.24. The van der Waals surface area contributed by atoms with Crippen LogP contribution in [0.4, 0.5) is 0 Å². The molecule has 0 radical (unpaired) electrons. The van der Waals surface area contributed by atoms with Gasteiger partial charge in [-0.25, -0.2) is 0 Å². The number of piperidine rings is 1. The Balaban J connectivity index is 0.00000320. The van der Waals surface area contributed by atoms with Crippen LogP contribution in [0.15, 0.2) is 35.3 Å². The molecule has 2 N–H and O–H groups in total. The number of guanidine groups is 1. The zero-order valence-electron chi connectivity index (χ0n) is 18.5. The monoisotopic (exact) mass is 527 g/mol. The Kier molecular flexibility index (Phi) is 10.9. The van der Waals surface area contributed by atoms with Gasteiger partial charge in [0, 0.05) is 39.1 Å². The number of halogens is 1. The highest BCUT2D eigenvalue weighted by molar-refractivity contribution is 14.0. The number of hydrogen-bond acceptors (Lipinski definition) is 3. The normalized spacial score (nSPS) is 21.1. The van der Waals surface area contributed by atoms with Gasteiger partial charge in [0.2, 0.25) is 5.91 Å². The summed E-state index contributed by atoms with van der Waals surface area (Å²) in [6, 6.07) is 11.4. The van der Waals surface area contributed by atoms with E-state index in [1.165, 1.54) is 24.8 Å². The minimum atomic E-state index is 0. The molecule has 2 saturated heterocycles. The van der Waals surface area contributed by atoms with Gasteiger partial charge < -0.3 is 15.5 Å². The van der Waals surface area contributed by atoms with E-state index in [4.69, 9.17) is 0 Å². The van der Waals surface area contributed by atoms with E-state index in [0.29, 0.717) is 25.0 Å². The van der Waals surface area contributed by atoms with Crippen molar-refractivity contribution in [3.05, 3.63) is 35.9 Å². The van der Waals surface area contributed by atoms with Crippen LogP contribution >= 0.6 is 24.0 Å². The second kappa shape index (κ2) is 13.1. The summed E-state index contributed by atoms with van der Waals surface area (Å²) in [5.74, 6) is 1.02. The highest BCUT2D eigenvalue weighted by atomic mass is 127. The Bertz CT molecular complexity index is 663. The molecule has 168 valence electrons. The molecule has 2 aliphatic heterocycles. The first-order valence-corrected chi connectivity index (χ1v) is 11.2. The first kappa shape index (κ1) is 24.9. The van der Waals surface area contributed by atoms with E-state index in [1.54, 1.807) is 7.05 Å². The van der Waals surface area contributed by atoms with E-state index in [-0.39, 0.29) is 29.9 Å². The van der Waals surface area contributed by atoms with Crippen molar-refractivity contribution in [1.82, 2.24) is 20.4 Å². The molecule has 7 heteroatoms. The Morgan fingerprint density at radius 3 is 2.47 bits per heavy atom. The van der Waals surface area contributed by atoms with Gasteiger partial charge in [-0.05, 0) is 57.7 Å². The van der Waals surface area contributed by atoms with E-state index in [2.05, 4.69) is 57.8 Å². The average molecular weight is 527 g/mol. The fourth-order valence-corrected chi connectivity index (χ4v) is 4.50. The molecule has 2 heterocycles. The van der Waals surface area contributed by atoms with E-state index in [0.717, 1.165) is 45.0 Å². The van der Waals surface area contributed by atoms with Crippen LogP contribution in [-0.2, 0) is 4.79 Å². The van der Waals surface area contributed by atoms with Crippen molar-refractivity contribution in [3.8, 4) is 0 Å². The Morgan fingerprint density at radius 2 is 1.80 bits per heavy atom. The molecule has 3 rings (SSSR count). The third kappa shape index (κ3) is 7.11. The smallest absolute Gasteiger partial charge is 0.224 e. The first-order valence-electron chi connectivity index (χ1n) is 11.2. The van der Waals surface area contributed by atoms with Crippen LogP contribution in [0, 0.1) is 0 Å². The molecule has 0 aliphatic carbocycles. The fraction of sp³-hybridized carbons (Fsp3) is 0.652. The first-order chi connectivity index (χ1) is 14.2. The third-order valence-corrected chi connectivity index (χ3v) is 6.21. The van der Waals surface area contributed by atoms with Crippen LogP contribution in [0.25, 0.3) is 0 Å². The number of nitrogens with one attached hydrogen (secondary N) is 2. The summed E-state index contributed by atoms with van der Waals surface area (Å²) in [6.07, 6.45) is 6.54. The lowest BCUT2D eigenvalue weighted by atomic mass is 10.0. The maximum absolute atomic E-state index is 12.5. The Labute approximate surface area is 198 Å². The number of amides is 1. The largest absolute Gasteiger partial charge is 0.356 e. The number of aliphatic imine (C=N–C) groups is 1.